The standard InChI is InChI=1S/C21H19ClO4/c1-2-13-21(22,20(23)24)26-18-11-9-17(10-12-18)25-19-8-7-15-5-3-4-6-16(15)14-19/h3-12,14H,2,13H2,1H3,(H,23,24). The molecule has 1 N–H and O–H groups in total. The number of fused-ring (bicyclic) bond motifs is 1. The second-order valence-electron chi connectivity index (χ2n) is 5.97. The second kappa shape index (κ2) is 7.67. The van der Waals surface area contributed by atoms with Crippen LogP contribution in [0.1, 0.15) is 19.8 Å². The van der Waals surface area contributed by atoms with E-state index in [1.807, 2.05) is 49.4 Å². The zero-order valence-corrected chi connectivity index (χ0v) is 15.1. The first-order valence-electron chi connectivity index (χ1n) is 8.38. The van der Waals surface area contributed by atoms with Gasteiger partial charge >= 0.3 is 5.97 Å². The molecule has 1 atom stereocenters. The molecule has 26 heavy (non-hydrogen) atoms. The zero-order valence-electron chi connectivity index (χ0n) is 14.3. The molecule has 0 heterocycles. The average Bonchev–Trinajstić information content (AvgIpc) is 2.63. The summed E-state index contributed by atoms with van der Waals surface area (Å²) in [4.78, 5) is 11.3. The summed E-state index contributed by atoms with van der Waals surface area (Å²) >= 11 is 6.08. The Hall–Kier alpha value is -2.72. The predicted molar refractivity (Wildman–Crippen MR) is 102 cm³/mol. The Kier molecular flexibility index (Phi) is 5.33. The van der Waals surface area contributed by atoms with Crippen LogP contribution in [0.25, 0.3) is 10.8 Å². The number of halogens is 1. The van der Waals surface area contributed by atoms with Crippen molar-refractivity contribution in [2.45, 2.75) is 24.8 Å². The predicted octanol–water partition coefficient (Wildman–Crippen LogP) is 5.83. The van der Waals surface area contributed by atoms with E-state index >= 15 is 0 Å². The minimum absolute atomic E-state index is 0.208. The lowest BCUT2D eigenvalue weighted by Crippen LogP contribution is -2.38. The van der Waals surface area contributed by atoms with Crippen LogP contribution in [0.4, 0.5) is 0 Å². The molecule has 3 aromatic carbocycles. The van der Waals surface area contributed by atoms with E-state index in [4.69, 9.17) is 21.1 Å². The van der Waals surface area contributed by atoms with Crippen molar-refractivity contribution in [3.05, 3.63) is 66.7 Å². The molecule has 4 nitrogen and oxygen atoms in total. The van der Waals surface area contributed by atoms with Crippen molar-refractivity contribution in [2.24, 2.45) is 0 Å². The summed E-state index contributed by atoms with van der Waals surface area (Å²) in [5.74, 6) is 0.526. The highest BCUT2D eigenvalue weighted by Crippen LogP contribution is 2.30. The van der Waals surface area contributed by atoms with E-state index in [1.165, 1.54) is 0 Å². The largest absolute Gasteiger partial charge is 0.477 e. The lowest BCUT2D eigenvalue weighted by atomic mass is 10.1. The first-order valence-corrected chi connectivity index (χ1v) is 8.76. The Morgan fingerprint density at radius 2 is 1.58 bits per heavy atom. The highest BCUT2D eigenvalue weighted by atomic mass is 35.5. The monoisotopic (exact) mass is 370 g/mol. The Balaban J connectivity index is 1.73. The van der Waals surface area contributed by atoms with E-state index < -0.39 is 11.0 Å². The van der Waals surface area contributed by atoms with Crippen molar-refractivity contribution in [1.82, 2.24) is 0 Å². The van der Waals surface area contributed by atoms with Crippen LogP contribution < -0.4 is 9.47 Å². The molecule has 0 radical (unpaired) electrons. The molecule has 3 aromatic rings. The summed E-state index contributed by atoms with van der Waals surface area (Å²) in [7, 11) is 0. The highest BCUT2D eigenvalue weighted by molar-refractivity contribution is 6.32. The van der Waals surface area contributed by atoms with Gasteiger partial charge in [-0.25, -0.2) is 4.79 Å². The molecule has 1 unspecified atom stereocenters. The molecule has 0 saturated carbocycles. The van der Waals surface area contributed by atoms with Gasteiger partial charge in [-0.2, -0.15) is 0 Å². The molecule has 0 aromatic heterocycles. The van der Waals surface area contributed by atoms with Crippen LogP contribution in [0.2, 0.25) is 0 Å². The van der Waals surface area contributed by atoms with Crippen LogP contribution in [-0.2, 0) is 4.79 Å². The quantitative estimate of drug-likeness (QED) is 0.531. The summed E-state index contributed by atoms with van der Waals surface area (Å²) in [6.07, 6.45) is 0.804. The van der Waals surface area contributed by atoms with Gasteiger partial charge in [-0.3, -0.25) is 0 Å². The molecule has 0 fully saturated rings. The molecule has 5 heteroatoms. The van der Waals surface area contributed by atoms with Gasteiger partial charge in [0.1, 0.15) is 17.2 Å². The topological polar surface area (TPSA) is 55.8 Å². The van der Waals surface area contributed by atoms with Crippen molar-refractivity contribution in [1.29, 1.82) is 0 Å². The van der Waals surface area contributed by atoms with E-state index in [0.717, 1.165) is 16.5 Å². The van der Waals surface area contributed by atoms with Crippen molar-refractivity contribution in [3.63, 3.8) is 0 Å². The van der Waals surface area contributed by atoms with Gasteiger partial charge in [-0.05, 0) is 47.2 Å². The van der Waals surface area contributed by atoms with Crippen LogP contribution in [0, 0.1) is 0 Å². The van der Waals surface area contributed by atoms with Crippen LogP contribution in [0.15, 0.2) is 66.7 Å². The molecular formula is C21H19ClO4. The smallest absolute Gasteiger partial charge is 0.364 e. The number of aliphatic carboxylic acids is 1. The fraction of sp³-hybridized carbons (Fsp3) is 0.190. The number of carboxylic acids is 1. The molecule has 0 aliphatic rings. The fourth-order valence-corrected chi connectivity index (χ4v) is 2.93. The third kappa shape index (κ3) is 4.09. The third-order valence-electron chi connectivity index (χ3n) is 3.95. The van der Waals surface area contributed by atoms with E-state index in [9.17, 15) is 9.90 Å². The van der Waals surface area contributed by atoms with E-state index in [1.54, 1.807) is 24.3 Å². The lowest BCUT2D eigenvalue weighted by Gasteiger charge is -2.23. The number of ether oxygens (including phenoxy) is 2. The van der Waals surface area contributed by atoms with Gasteiger partial charge in [0, 0.05) is 6.42 Å². The van der Waals surface area contributed by atoms with Gasteiger partial charge in [0.2, 0.25) is 0 Å². The van der Waals surface area contributed by atoms with Gasteiger partial charge in [0.25, 0.3) is 5.06 Å². The maximum absolute atomic E-state index is 11.3. The third-order valence-corrected chi connectivity index (χ3v) is 4.38. The van der Waals surface area contributed by atoms with Crippen molar-refractivity contribution >= 4 is 28.3 Å². The number of carboxylic acid groups (broad SMARTS) is 1. The molecule has 0 aliphatic heterocycles. The minimum Gasteiger partial charge on any atom is -0.477 e. The number of benzene rings is 3. The molecule has 0 aliphatic carbocycles. The number of hydrogen-bond acceptors (Lipinski definition) is 3. The molecule has 0 spiro atoms. The maximum Gasteiger partial charge on any atom is 0.364 e. The molecule has 0 bridgehead atoms. The Labute approximate surface area is 156 Å². The maximum atomic E-state index is 11.3. The number of alkyl halides is 1. The van der Waals surface area contributed by atoms with Crippen molar-refractivity contribution in [2.75, 3.05) is 0 Å². The van der Waals surface area contributed by atoms with Crippen LogP contribution in [-0.4, -0.2) is 16.1 Å². The van der Waals surface area contributed by atoms with E-state index in [2.05, 4.69) is 0 Å². The van der Waals surface area contributed by atoms with Gasteiger partial charge in [-0.1, -0.05) is 55.3 Å². The number of carbonyl (C=O) groups is 1. The normalized spacial score (nSPS) is 13.2. The SMILES string of the molecule is CCCC(Cl)(Oc1ccc(Oc2ccc3ccccc3c2)cc1)C(=O)O. The Morgan fingerprint density at radius 1 is 0.962 bits per heavy atom. The van der Waals surface area contributed by atoms with Crippen LogP contribution in [0.3, 0.4) is 0 Å². The van der Waals surface area contributed by atoms with Gasteiger partial charge in [0.05, 0.1) is 0 Å². The van der Waals surface area contributed by atoms with Crippen LogP contribution >= 0.6 is 11.6 Å². The summed E-state index contributed by atoms with van der Waals surface area (Å²) < 4.78 is 11.3. The van der Waals surface area contributed by atoms with Gasteiger partial charge < -0.3 is 14.6 Å². The molecule has 134 valence electrons. The summed E-state index contributed by atoms with van der Waals surface area (Å²) in [6, 6.07) is 20.6. The Morgan fingerprint density at radius 3 is 2.23 bits per heavy atom. The second-order valence-corrected chi connectivity index (χ2v) is 6.58. The zero-order chi connectivity index (χ0) is 18.6. The molecular weight excluding hydrogens is 352 g/mol. The van der Waals surface area contributed by atoms with Gasteiger partial charge in [-0.15, -0.1) is 0 Å². The van der Waals surface area contributed by atoms with E-state index in [-0.39, 0.29) is 6.42 Å². The van der Waals surface area contributed by atoms with Crippen LogP contribution in [0.5, 0.6) is 17.2 Å². The van der Waals surface area contributed by atoms with E-state index in [0.29, 0.717) is 17.9 Å². The first kappa shape index (κ1) is 18.1. The number of rotatable bonds is 7. The summed E-state index contributed by atoms with van der Waals surface area (Å²) in [6.45, 7) is 1.85. The average molecular weight is 371 g/mol. The molecule has 0 amide bonds. The van der Waals surface area contributed by atoms with Crippen molar-refractivity contribution < 1.29 is 19.4 Å². The number of hydrogen-bond donors (Lipinski definition) is 1. The van der Waals surface area contributed by atoms with Crippen molar-refractivity contribution in [3.8, 4) is 17.2 Å². The van der Waals surface area contributed by atoms with Gasteiger partial charge in [0.15, 0.2) is 0 Å². The highest BCUT2D eigenvalue weighted by Gasteiger charge is 2.37. The first-order chi connectivity index (χ1) is 12.5. The summed E-state index contributed by atoms with van der Waals surface area (Å²) in [5, 5.41) is 9.77. The minimum atomic E-state index is -1.75. The Bertz CT molecular complexity index is 907. The summed E-state index contributed by atoms with van der Waals surface area (Å²) in [5.41, 5.74) is 0. The fourth-order valence-electron chi connectivity index (χ4n) is 2.65. The lowest BCUT2D eigenvalue weighted by molar-refractivity contribution is -0.148. The molecule has 0 saturated heterocycles. The molecule has 3 rings (SSSR count).